The predicted octanol–water partition coefficient (Wildman–Crippen LogP) is -0.693. The minimum absolute atomic E-state index is 0.108. The zero-order valence-electron chi connectivity index (χ0n) is 6.94. The number of nitro benzene ring substituents is 1. The molecule has 0 fully saturated rings. The Morgan fingerprint density at radius 3 is 2.69 bits per heavy atom. The Labute approximate surface area is 75.3 Å². The number of nitrogen functional groups attached to an aromatic ring is 1. The summed E-state index contributed by atoms with van der Waals surface area (Å²) in [4.78, 5) is 9.84. The molecule has 0 bridgehead atoms. The van der Waals surface area contributed by atoms with Gasteiger partial charge in [-0.1, -0.05) is 5.46 Å². The second kappa shape index (κ2) is 3.15. The Balaban J connectivity index is 3.41. The van der Waals surface area contributed by atoms with E-state index >= 15 is 0 Å². The van der Waals surface area contributed by atoms with Gasteiger partial charge in [0.2, 0.25) is 0 Å². The van der Waals surface area contributed by atoms with E-state index in [0.717, 1.165) is 0 Å². The molecule has 0 spiro atoms. The Hall–Kier alpha value is -2.03. The van der Waals surface area contributed by atoms with Gasteiger partial charge in [-0.15, -0.1) is 0 Å². The fourth-order valence-electron chi connectivity index (χ4n) is 0.977. The molecule has 0 radical (unpaired) electrons. The maximum atomic E-state index is 10.4. The number of anilines is 1. The van der Waals surface area contributed by atoms with Crippen molar-refractivity contribution in [3.63, 3.8) is 0 Å². The number of nitro groups is 1. The third-order valence-corrected chi connectivity index (χ3v) is 1.70. The van der Waals surface area contributed by atoms with Crippen LogP contribution in [-0.4, -0.2) is 12.8 Å². The van der Waals surface area contributed by atoms with Crippen LogP contribution in [0.1, 0.15) is 5.56 Å². The first kappa shape index (κ1) is 9.07. The lowest BCUT2D eigenvalue weighted by molar-refractivity contribution is -0.384. The van der Waals surface area contributed by atoms with Gasteiger partial charge >= 0.3 is 0 Å². The maximum absolute atomic E-state index is 10.4. The highest BCUT2D eigenvalue weighted by Gasteiger charge is 2.11. The zero-order chi connectivity index (χ0) is 10.0. The van der Waals surface area contributed by atoms with E-state index in [0.29, 0.717) is 11.2 Å². The van der Waals surface area contributed by atoms with E-state index in [1.54, 1.807) is 13.9 Å². The Morgan fingerprint density at radius 1 is 1.62 bits per heavy atom. The van der Waals surface area contributed by atoms with Crippen LogP contribution in [-0.2, 0) is 0 Å². The molecular weight excluding hydrogens is 169 g/mol. The summed E-state index contributed by atoms with van der Waals surface area (Å²) in [5.41, 5.74) is 6.40. The van der Waals surface area contributed by atoms with Crippen molar-refractivity contribution in [3.05, 3.63) is 27.8 Å². The van der Waals surface area contributed by atoms with Gasteiger partial charge in [0.15, 0.2) is 0 Å². The zero-order valence-corrected chi connectivity index (χ0v) is 6.94. The number of hydrogen-bond donors (Lipinski definition) is 1. The van der Waals surface area contributed by atoms with Crippen molar-refractivity contribution < 1.29 is 4.92 Å². The monoisotopic (exact) mass is 175 g/mol. The van der Waals surface area contributed by atoms with E-state index in [1.807, 2.05) is 0 Å². The number of rotatable bonds is 1. The quantitative estimate of drug-likeness (QED) is 0.264. The van der Waals surface area contributed by atoms with Crippen LogP contribution < -0.4 is 11.2 Å². The number of nitriles is 1. The molecule has 0 amide bonds. The fourth-order valence-corrected chi connectivity index (χ4v) is 0.977. The van der Waals surface area contributed by atoms with Crippen LogP contribution in [0, 0.1) is 21.4 Å². The number of non-ortho nitro benzene ring substituents is 1. The highest BCUT2D eigenvalue weighted by atomic mass is 16.6. The standard InChI is InChI=1S/C7H6BN3O2/c8-6-2-5(11(12)13)1-4(3-9)7(6)10/h1-2H,8,10H2. The lowest BCUT2D eigenvalue weighted by Gasteiger charge is -2.01. The van der Waals surface area contributed by atoms with Gasteiger partial charge in [0.1, 0.15) is 13.9 Å². The second-order valence-electron chi connectivity index (χ2n) is 2.59. The highest BCUT2D eigenvalue weighted by Crippen LogP contribution is 2.15. The molecule has 1 aromatic rings. The first-order chi connectivity index (χ1) is 6.06. The van der Waals surface area contributed by atoms with Crippen LogP contribution in [0.4, 0.5) is 11.4 Å². The fraction of sp³-hybridized carbons (Fsp3) is 0. The average molecular weight is 175 g/mol. The molecule has 0 heterocycles. The molecule has 64 valence electrons. The Kier molecular flexibility index (Phi) is 2.20. The molecule has 0 aliphatic carbocycles. The smallest absolute Gasteiger partial charge is 0.270 e. The van der Waals surface area contributed by atoms with Gasteiger partial charge in [-0.05, 0) is 0 Å². The Morgan fingerprint density at radius 2 is 2.23 bits per heavy atom. The Bertz CT molecular complexity index is 411. The maximum Gasteiger partial charge on any atom is 0.270 e. The van der Waals surface area contributed by atoms with Crippen LogP contribution in [0.25, 0.3) is 0 Å². The molecular formula is C7H6BN3O2. The normalized spacial score (nSPS) is 9.15. The summed E-state index contributed by atoms with van der Waals surface area (Å²) in [5, 5.41) is 19.0. The molecule has 1 aromatic carbocycles. The van der Waals surface area contributed by atoms with Gasteiger partial charge in [0.25, 0.3) is 5.69 Å². The van der Waals surface area contributed by atoms with Crippen molar-refractivity contribution >= 4 is 24.7 Å². The second-order valence-corrected chi connectivity index (χ2v) is 2.59. The van der Waals surface area contributed by atoms with Crippen molar-refractivity contribution in [2.75, 3.05) is 5.73 Å². The topological polar surface area (TPSA) is 93.0 Å². The summed E-state index contributed by atoms with van der Waals surface area (Å²) in [6.07, 6.45) is 0. The number of hydrogen-bond acceptors (Lipinski definition) is 4. The van der Waals surface area contributed by atoms with E-state index in [4.69, 9.17) is 11.0 Å². The van der Waals surface area contributed by atoms with Crippen LogP contribution in [0.3, 0.4) is 0 Å². The minimum Gasteiger partial charge on any atom is -0.398 e. The van der Waals surface area contributed by atoms with Crippen LogP contribution in [0.5, 0.6) is 0 Å². The summed E-state index contributed by atoms with van der Waals surface area (Å²) in [6, 6.07) is 4.31. The molecule has 5 nitrogen and oxygen atoms in total. The van der Waals surface area contributed by atoms with Crippen molar-refractivity contribution in [1.29, 1.82) is 5.26 Å². The van der Waals surface area contributed by atoms with Gasteiger partial charge in [-0.25, -0.2) is 0 Å². The SMILES string of the molecule is Bc1cc([N+](=O)[O-])cc(C#N)c1N. The van der Waals surface area contributed by atoms with Crippen molar-refractivity contribution in [3.8, 4) is 6.07 Å². The van der Waals surface area contributed by atoms with Gasteiger partial charge in [0, 0.05) is 17.8 Å². The van der Waals surface area contributed by atoms with E-state index in [1.165, 1.54) is 12.1 Å². The first-order valence-corrected chi connectivity index (χ1v) is 3.51. The van der Waals surface area contributed by atoms with Crippen molar-refractivity contribution in [2.24, 2.45) is 0 Å². The third kappa shape index (κ3) is 1.59. The molecule has 0 aliphatic rings. The van der Waals surface area contributed by atoms with Gasteiger partial charge in [-0.3, -0.25) is 10.1 Å². The minimum atomic E-state index is -0.548. The van der Waals surface area contributed by atoms with E-state index in [9.17, 15) is 10.1 Å². The molecule has 0 saturated heterocycles. The van der Waals surface area contributed by atoms with Crippen LogP contribution >= 0.6 is 0 Å². The van der Waals surface area contributed by atoms with Crippen LogP contribution in [0.2, 0.25) is 0 Å². The molecule has 2 N–H and O–H groups in total. The first-order valence-electron chi connectivity index (χ1n) is 3.51. The summed E-state index contributed by atoms with van der Waals surface area (Å²) in [5.74, 6) is 0. The summed E-state index contributed by atoms with van der Waals surface area (Å²) < 4.78 is 0. The lowest BCUT2D eigenvalue weighted by atomic mass is 9.91. The molecule has 0 saturated carbocycles. The summed E-state index contributed by atoms with van der Waals surface area (Å²) in [7, 11) is 1.63. The average Bonchev–Trinajstić information content (AvgIpc) is 2.09. The summed E-state index contributed by atoms with van der Waals surface area (Å²) in [6.45, 7) is 0. The number of nitrogens with zero attached hydrogens (tertiary/aromatic N) is 2. The molecule has 6 heteroatoms. The molecule has 13 heavy (non-hydrogen) atoms. The number of benzene rings is 1. The van der Waals surface area contributed by atoms with Crippen molar-refractivity contribution in [2.45, 2.75) is 0 Å². The van der Waals surface area contributed by atoms with Gasteiger partial charge in [0.05, 0.1) is 10.5 Å². The summed E-state index contributed by atoms with van der Waals surface area (Å²) >= 11 is 0. The van der Waals surface area contributed by atoms with E-state index in [-0.39, 0.29) is 11.3 Å². The largest absolute Gasteiger partial charge is 0.398 e. The highest BCUT2D eigenvalue weighted by molar-refractivity contribution is 6.36. The lowest BCUT2D eigenvalue weighted by Crippen LogP contribution is -2.12. The predicted molar refractivity (Wildman–Crippen MR) is 50.4 cm³/mol. The third-order valence-electron chi connectivity index (χ3n) is 1.70. The van der Waals surface area contributed by atoms with Gasteiger partial charge < -0.3 is 5.73 Å². The molecule has 1 rings (SSSR count). The van der Waals surface area contributed by atoms with Crippen molar-refractivity contribution in [1.82, 2.24) is 0 Å². The molecule has 0 aliphatic heterocycles. The van der Waals surface area contributed by atoms with E-state index in [2.05, 4.69) is 0 Å². The van der Waals surface area contributed by atoms with Crippen LogP contribution in [0.15, 0.2) is 12.1 Å². The van der Waals surface area contributed by atoms with Gasteiger partial charge in [-0.2, -0.15) is 5.26 Å². The molecule has 0 unspecified atom stereocenters. The number of nitrogens with two attached hydrogens (primary N) is 1. The van der Waals surface area contributed by atoms with E-state index < -0.39 is 4.92 Å². The molecule has 0 atom stereocenters. The molecule has 0 aromatic heterocycles.